The molecule has 0 radical (unpaired) electrons. The minimum absolute atomic E-state index is 0.239. The normalized spacial score (nSPS) is 28.1. The molecule has 1 aromatic carbocycles. The van der Waals surface area contributed by atoms with Crippen molar-refractivity contribution in [3.05, 3.63) is 29.8 Å². The molecule has 7 nitrogen and oxygen atoms in total. The number of fused-ring (bicyclic) bond motifs is 5. The fourth-order valence-corrected chi connectivity index (χ4v) is 5.44. The number of anilines is 1. The van der Waals surface area contributed by atoms with Crippen LogP contribution in [-0.4, -0.2) is 41.2 Å². The summed E-state index contributed by atoms with van der Waals surface area (Å²) in [6.45, 7) is 5.04. The zero-order valence-electron chi connectivity index (χ0n) is 17.6. The van der Waals surface area contributed by atoms with Crippen LogP contribution >= 0.6 is 0 Å². The third kappa shape index (κ3) is 3.50. The molecule has 30 heavy (non-hydrogen) atoms. The summed E-state index contributed by atoms with van der Waals surface area (Å²) in [7, 11) is 0. The quantitative estimate of drug-likeness (QED) is 0.573. The molecule has 160 valence electrons. The van der Waals surface area contributed by atoms with Gasteiger partial charge >= 0.3 is 5.97 Å². The van der Waals surface area contributed by atoms with Crippen LogP contribution in [0, 0.1) is 36.5 Å². The number of aryl methyl sites for hydroxylation is 1. The maximum atomic E-state index is 13.1. The van der Waals surface area contributed by atoms with Gasteiger partial charge in [0.05, 0.1) is 11.8 Å². The Morgan fingerprint density at radius 3 is 2.17 bits per heavy atom. The molecule has 0 aromatic heterocycles. The second kappa shape index (κ2) is 7.85. The van der Waals surface area contributed by atoms with Crippen LogP contribution in [0.3, 0.4) is 0 Å². The first-order valence-corrected chi connectivity index (χ1v) is 10.7. The second-order valence-corrected chi connectivity index (χ2v) is 9.14. The van der Waals surface area contributed by atoms with Gasteiger partial charge in [-0.15, -0.1) is 0 Å². The van der Waals surface area contributed by atoms with Crippen LogP contribution in [0.4, 0.5) is 5.69 Å². The SMILES string of the molecule is Cc1ccc(NC(=O)COC(=O)[C@@H](C(C)C)N2C(=O)[C@@H]3[C@@H]4CC[C@@H](C4)[C@@H]3C2=O)cc1. The minimum Gasteiger partial charge on any atom is -0.454 e. The van der Waals surface area contributed by atoms with E-state index >= 15 is 0 Å². The highest BCUT2D eigenvalue weighted by Crippen LogP contribution is 2.56. The maximum absolute atomic E-state index is 13.1. The number of nitrogens with one attached hydrogen (secondary N) is 1. The molecule has 1 heterocycles. The Morgan fingerprint density at radius 1 is 1.07 bits per heavy atom. The van der Waals surface area contributed by atoms with Crippen LogP contribution in [-0.2, 0) is 23.9 Å². The van der Waals surface area contributed by atoms with Crippen molar-refractivity contribution in [2.24, 2.45) is 29.6 Å². The van der Waals surface area contributed by atoms with Crippen LogP contribution in [0.1, 0.15) is 38.7 Å². The Bertz CT molecular complexity index is 850. The Morgan fingerprint density at radius 2 is 1.63 bits per heavy atom. The molecule has 2 aliphatic carbocycles. The number of likely N-dealkylation sites (tertiary alicyclic amines) is 1. The first kappa shape index (κ1) is 20.6. The summed E-state index contributed by atoms with van der Waals surface area (Å²) in [5.41, 5.74) is 1.67. The number of benzene rings is 1. The smallest absolute Gasteiger partial charge is 0.330 e. The molecule has 3 amide bonds. The van der Waals surface area contributed by atoms with Gasteiger partial charge in [-0.25, -0.2) is 4.79 Å². The number of rotatable bonds is 6. The lowest BCUT2D eigenvalue weighted by Crippen LogP contribution is -2.50. The summed E-state index contributed by atoms with van der Waals surface area (Å²) in [5, 5.41) is 2.67. The number of imide groups is 1. The summed E-state index contributed by atoms with van der Waals surface area (Å²) >= 11 is 0. The van der Waals surface area contributed by atoms with Crippen LogP contribution in [0.5, 0.6) is 0 Å². The molecule has 2 bridgehead atoms. The molecule has 1 aliphatic heterocycles. The van der Waals surface area contributed by atoms with Gasteiger partial charge in [0.25, 0.3) is 5.91 Å². The first-order chi connectivity index (χ1) is 14.3. The van der Waals surface area contributed by atoms with E-state index < -0.39 is 24.5 Å². The molecule has 0 spiro atoms. The van der Waals surface area contributed by atoms with E-state index in [1.807, 2.05) is 19.1 Å². The van der Waals surface area contributed by atoms with E-state index in [9.17, 15) is 19.2 Å². The van der Waals surface area contributed by atoms with Crippen molar-refractivity contribution >= 4 is 29.4 Å². The van der Waals surface area contributed by atoms with Gasteiger partial charge in [0, 0.05) is 5.69 Å². The van der Waals surface area contributed by atoms with Gasteiger partial charge in [0.2, 0.25) is 11.8 Å². The zero-order chi connectivity index (χ0) is 21.6. The molecule has 7 heteroatoms. The highest BCUT2D eigenvalue weighted by molar-refractivity contribution is 6.08. The van der Waals surface area contributed by atoms with Crippen molar-refractivity contribution in [1.29, 1.82) is 0 Å². The van der Waals surface area contributed by atoms with Crippen LogP contribution < -0.4 is 5.32 Å². The topological polar surface area (TPSA) is 92.8 Å². The Hall–Kier alpha value is -2.70. The molecular formula is C23H28N2O5. The third-order valence-corrected chi connectivity index (χ3v) is 6.79. The lowest BCUT2D eigenvalue weighted by Gasteiger charge is -2.28. The zero-order valence-corrected chi connectivity index (χ0v) is 17.6. The molecule has 2 saturated carbocycles. The van der Waals surface area contributed by atoms with Crippen molar-refractivity contribution in [2.45, 2.75) is 46.1 Å². The van der Waals surface area contributed by atoms with Gasteiger partial charge in [-0.1, -0.05) is 31.5 Å². The highest BCUT2D eigenvalue weighted by atomic mass is 16.5. The van der Waals surface area contributed by atoms with E-state index in [4.69, 9.17) is 4.74 Å². The predicted octanol–water partition coefficient (Wildman–Crippen LogP) is 2.53. The largest absolute Gasteiger partial charge is 0.454 e. The fraction of sp³-hybridized carbons (Fsp3) is 0.565. The summed E-state index contributed by atoms with van der Waals surface area (Å²) < 4.78 is 5.23. The van der Waals surface area contributed by atoms with Crippen LogP contribution in [0.2, 0.25) is 0 Å². The molecule has 4 rings (SSSR count). The average molecular weight is 412 g/mol. The number of hydrogen-bond donors (Lipinski definition) is 1. The molecule has 1 saturated heterocycles. The monoisotopic (exact) mass is 412 g/mol. The van der Waals surface area contributed by atoms with E-state index in [0.717, 1.165) is 29.7 Å². The third-order valence-electron chi connectivity index (χ3n) is 6.79. The Labute approximate surface area is 176 Å². The highest BCUT2D eigenvalue weighted by Gasteiger charge is 2.62. The van der Waals surface area contributed by atoms with E-state index in [2.05, 4.69) is 5.32 Å². The number of esters is 1. The Balaban J connectivity index is 1.41. The average Bonchev–Trinajstić information content (AvgIpc) is 3.38. The minimum atomic E-state index is -0.998. The van der Waals surface area contributed by atoms with E-state index in [1.165, 1.54) is 0 Å². The van der Waals surface area contributed by atoms with Crippen molar-refractivity contribution in [1.82, 2.24) is 4.90 Å². The van der Waals surface area contributed by atoms with Crippen LogP contribution in [0.25, 0.3) is 0 Å². The number of amides is 3. The summed E-state index contributed by atoms with van der Waals surface area (Å²) in [6, 6.07) is 6.26. The first-order valence-electron chi connectivity index (χ1n) is 10.7. The molecule has 1 aromatic rings. The van der Waals surface area contributed by atoms with E-state index in [1.54, 1.807) is 26.0 Å². The summed E-state index contributed by atoms with van der Waals surface area (Å²) in [5.74, 6) is -2.01. The number of hydrogen-bond acceptors (Lipinski definition) is 5. The molecule has 3 aliphatic rings. The van der Waals surface area contributed by atoms with Crippen molar-refractivity contribution < 1.29 is 23.9 Å². The molecule has 0 unspecified atom stereocenters. The molecule has 5 atom stereocenters. The van der Waals surface area contributed by atoms with Gasteiger partial charge in [-0.3, -0.25) is 19.3 Å². The van der Waals surface area contributed by atoms with Crippen molar-refractivity contribution in [3.8, 4) is 0 Å². The lowest BCUT2D eigenvalue weighted by atomic mass is 9.81. The molecule has 3 fully saturated rings. The Kier molecular flexibility index (Phi) is 5.38. The summed E-state index contributed by atoms with van der Waals surface area (Å²) in [6.07, 6.45) is 2.90. The molecule has 1 N–H and O–H groups in total. The van der Waals surface area contributed by atoms with E-state index in [-0.39, 0.29) is 41.4 Å². The number of ether oxygens (including phenoxy) is 1. The number of carbonyl (C=O) groups excluding carboxylic acids is 4. The van der Waals surface area contributed by atoms with Gasteiger partial charge in [0.15, 0.2) is 6.61 Å². The standard InChI is InChI=1S/C23H28N2O5/c1-12(2)20(23(29)30-11-17(26)24-16-8-4-13(3)5-9-16)25-21(27)18-14-6-7-15(10-14)19(18)22(25)28/h4-5,8-9,12,14-15,18-20H,6-7,10-11H2,1-3H3,(H,24,26)/t14-,15+,18-,19+,20-/m1/s1. The number of nitrogens with zero attached hydrogens (tertiary/aromatic N) is 1. The van der Waals surface area contributed by atoms with Gasteiger partial charge in [-0.2, -0.15) is 0 Å². The second-order valence-electron chi connectivity index (χ2n) is 9.14. The fourth-order valence-electron chi connectivity index (χ4n) is 5.44. The lowest BCUT2D eigenvalue weighted by molar-refractivity contribution is -0.162. The van der Waals surface area contributed by atoms with Gasteiger partial charge in [-0.05, 0) is 56.1 Å². The molecular weight excluding hydrogens is 384 g/mol. The summed E-state index contributed by atoms with van der Waals surface area (Å²) in [4.78, 5) is 52.2. The number of carbonyl (C=O) groups is 4. The van der Waals surface area contributed by atoms with Crippen LogP contribution in [0.15, 0.2) is 24.3 Å². The van der Waals surface area contributed by atoms with Gasteiger partial charge < -0.3 is 10.1 Å². The van der Waals surface area contributed by atoms with Crippen molar-refractivity contribution in [3.63, 3.8) is 0 Å². The van der Waals surface area contributed by atoms with Gasteiger partial charge in [0.1, 0.15) is 6.04 Å². The van der Waals surface area contributed by atoms with E-state index in [0.29, 0.717) is 5.69 Å². The predicted molar refractivity (Wildman–Crippen MR) is 109 cm³/mol. The van der Waals surface area contributed by atoms with Crippen molar-refractivity contribution in [2.75, 3.05) is 11.9 Å². The maximum Gasteiger partial charge on any atom is 0.330 e.